The first-order valence-corrected chi connectivity index (χ1v) is 12.7. The Morgan fingerprint density at radius 3 is 1.56 bits per heavy atom. The van der Waals surface area contributed by atoms with E-state index in [1.165, 1.54) is 15.9 Å². The van der Waals surface area contributed by atoms with Crippen molar-refractivity contribution in [1.82, 2.24) is 4.98 Å². The van der Waals surface area contributed by atoms with E-state index < -0.39 is 7.92 Å². The predicted molar refractivity (Wildman–Crippen MR) is 134 cm³/mol. The van der Waals surface area contributed by atoms with Crippen LogP contribution in [0.1, 0.15) is 5.56 Å². The fourth-order valence-corrected chi connectivity index (χ4v) is 6.02. The van der Waals surface area contributed by atoms with E-state index in [2.05, 4.69) is 127 Å². The quantitative estimate of drug-likeness (QED) is 0.149. The van der Waals surface area contributed by atoms with Crippen molar-refractivity contribution in [2.45, 2.75) is 0 Å². The van der Waals surface area contributed by atoms with Gasteiger partial charge in [-0.3, -0.25) is 0 Å². The zero-order valence-corrected chi connectivity index (χ0v) is 20.4. The minimum Gasteiger partial charge on any atom is -0.0622 e. The van der Waals surface area contributed by atoms with E-state index in [1.54, 1.807) is 6.20 Å². The Kier molecular flexibility index (Phi) is 8.05. The molecule has 1 nitrogen and oxygen atoms in total. The first-order chi connectivity index (χ1) is 15.9. The number of pyridine rings is 1. The summed E-state index contributed by atoms with van der Waals surface area (Å²) in [7, 11) is -0.446. The molecule has 4 aromatic carbocycles. The third-order valence-electron chi connectivity index (χ3n) is 4.85. The van der Waals surface area contributed by atoms with Gasteiger partial charge in [0.05, 0.1) is 0 Å². The van der Waals surface area contributed by atoms with E-state index in [0.717, 1.165) is 16.5 Å². The monoisotopic (exact) mass is 611 g/mol. The number of para-hydroxylation sites is 1. The molecule has 5 aromatic rings. The number of aromatic nitrogens is 1. The van der Waals surface area contributed by atoms with E-state index >= 15 is 0 Å². The molecule has 1 heterocycles. The number of hydrogen-bond donors (Lipinski definition) is 0. The molecule has 0 fully saturated rings. The van der Waals surface area contributed by atoms with Crippen LogP contribution in [0, 0.1) is 10.1 Å². The van der Waals surface area contributed by atoms with Crippen LogP contribution in [-0.4, -0.2) is 4.98 Å². The van der Waals surface area contributed by atoms with Crippen molar-refractivity contribution in [1.29, 1.82) is 0 Å². The molecule has 0 aliphatic rings. The van der Waals surface area contributed by atoms with Crippen molar-refractivity contribution in [2.75, 3.05) is 0 Å². The molecule has 0 saturated carbocycles. The van der Waals surface area contributed by atoms with E-state index in [0.29, 0.717) is 0 Å². The molecule has 0 unspecified atom stereocenters. The van der Waals surface area contributed by atoms with Crippen LogP contribution in [0.4, 0.5) is 0 Å². The summed E-state index contributed by atoms with van der Waals surface area (Å²) >= 11 is 2.20. The number of fused-ring (bicyclic) bond motifs is 1. The summed E-state index contributed by atoms with van der Waals surface area (Å²) in [6, 6.07) is 42.3. The van der Waals surface area contributed by atoms with Gasteiger partial charge in [-0.2, -0.15) is 0 Å². The summed E-state index contributed by atoms with van der Waals surface area (Å²) in [5.41, 5.74) is 1.96. The Labute approximate surface area is 203 Å². The minimum absolute atomic E-state index is 0.446. The van der Waals surface area contributed by atoms with E-state index in [9.17, 15) is 0 Å². The molecular formula is C29H21AuNP. The van der Waals surface area contributed by atoms with Crippen molar-refractivity contribution in [3.63, 3.8) is 0 Å². The number of rotatable bonds is 3. The zero-order chi connectivity index (χ0) is 22.0. The third kappa shape index (κ3) is 5.63. The number of nitrogens with zero attached hydrogens (tertiary/aromatic N) is 1. The van der Waals surface area contributed by atoms with Gasteiger partial charge in [0, 0.05) is 0 Å². The molecule has 158 valence electrons. The summed E-state index contributed by atoms with van der Waals surface area (Å²) in [6.45, 7) is 0. The second-order valence-corrected chi connectivity index (χ2v) is 9.68. The summed E-state index contributed by atoms with van der Waals surface area (Å²) < 4.78 is 2.83. The van der Waals surface area contributed by atoms with E-state index in [1.807, 2.05) is 30.3 Å². The number of benzene rings is 4. The fraction of sp³-hybridized carbons (Fsp3) is 0. The third-order valence-corrected chi connectivity index (χ3v) is 7.56. The van der Waals surface area contributed by atoms with Crippen molar-refractivity contribution in [3.8, 4) is 10.1 Å². The average Bonchev–Trinajstić information content (AvgIpc) is 2.87. The molecule has 0 saturated heterocycles. The van der Waals surface area contributed by atoms with Crippen LogP contribution in [0.3, 0.4) is 0 Å². The molecular weight excluding hydrogens is 590 g/mol. The Bertz CT molecular complexity index is 1230. The second-order valence-electron chi connectivity index (χ2n) is 6.92. The van der Waals surface area contributed by atoms with Crippen molar-refractivity contribution in [2.24, 2.45) is 0 Å². The van der Waals surface area contributed by atoms with Crippen molar-refractivity contribution in [3.05, 3.63) is 133 Å². The summed E-state index contributed by atoms with van der Waals surface area (Å²) in [6.07, 6.45) is 1.79. The smallest absolute Gasteiger partial charge is 0.0134 e. The molecule has 0 bridgehead atoms. The summed E-state index contributed by atoms with van der Waals surface area (Å²) in [5, 5.41) is 5.33. The van der Waals surface area contributed by atoms with Gasteiger partial charge in [0.25, 0.3) is 0 Å². The van der Waals surface area contributed by atoms with Gasteiger partial charge in [0.1, 0.15) is 0 Å². The SMILES string of the molecule is [Au][C]#Cc1cccc2cccnc12.c1ccc(P(c2ccccc2)c2ccccc2)cc1. The molecule has 0 spiro atoms. The molecule has 1 aromatic heterocycles. The van der Waals surface area contributed by atoms with Gasteiger partial charge in [0.2, 0.25) is 0 Å². The van der Waals surface area contributed by atoms with Gasteiger partial charge in [-0.25, -0.2) is 0 Å². The van der Waals surface area contributed by atoms with Crippen LogP contribution in [0.2, 0.25) is 0 Å². The van der Waals surface area contributed by atoms with Crippen LogP contribution in [0.5, 0.6) is 0 Å². The van der Waals surface area contributed by atoms with Gasteiger partial charge in [-0.05, 0) is 23.8 Å². The van der Waals surface area contributed by atoms with E-state index in [-0.39, 0.29) is 0 Å². The van der Waals surface area contributed by atoms with Gasteiger partial charge in [0.15, 0.2) is 0 Å². The molecule has 3 heteroatoms. The molecule has 0 atom stereocenters. The Balaban J connectivity index is 0.000000165. The molecule has 0 N–H and O–H groups in total. The van der Waals surface area contributed by atoms with Gasteiger partial charge < -0.3 is 0 Å². The summed E-state index contributed by atoms with van der Waals surface area (Å²) in [5.74, 6) is 3.01. The number of hydrogen-bond acceptors (Lipinski definition) is 1. The van der Waals surface area contributed by atoms with Crippen molar-refractivity contribution < 1.29 is 21.1 Å². The van der Waals surface area contributed by atoms with E-state index in [4.69, 9.17) is 0 Å². The normalized spacial score (nSPS) is 10.1. The predicted octanol–water partition coefficient (Wildman–Crippen LogP) is 5.54. The average molecular weight is 611 g/mol. The Morgan fingerprint density at radius 2 is 1.06 bits per heavy atom. The second kappa shape index (κ2) is 11.6. The molecule has 0 aliphatic heterocycles. The van der Waals surface area contributed by atoms with Crippen LogP contribution >= 0.6 is 7.92 Å². The van der Waals surface area contributed by atoms with Gasteiger partial charge >= 0.3 is 89.1 Å². The van der Waals surface area contributed by atoms with Gasteiger partial charge in [-0.15, -0.1) is 0 Å². The first kappa shape index (κ1) is 22.2. The largest absolute Gasteiger partial charge is 0.0622 e. The maximum absolute atomic E-state index is 4.29. The molecule has 5 rings (SSSR count). The van der Waals surface area contributed by atoms with Crippen molar-refractivity contribution >= 4 is 34.7 Å². The molecule has 0 amide bonds. The first-order valence-electron chi connectivity index (χ1n) is 10.2. The maximum Gasteiger partial charge on any atom is -0.0134 e. The Morgan fingerprint density at radius 1 is 0.562 bits per heavy atom. The maximum atomic E-state index is 4.29. The van der Waals surface area contributed by atoms with Crippen LogP contribution in [0.15, 0.2) is 128 Å². The van der Waals surface area contributed by atoms with Crippen LogP contribution in [0.25, 0.3) is 10.9 Å². The molecule has 0 radical (unpaired) electrons. The standard InChI is InChI=1S/C18H15P.C11H6N.Au/c1-4-10-16(11-5-1)19(17-12-6-2-7-13-17)18-14-8-3-9-15-18;1-2-9-5-3-6-10-7-4-8-12-11(9)10;/h1-15H;3-8H;. The van der Waals surface area contributed by atoms with Crippen LogP contribution in [-0.2, 0) is 21.1 Å². The zero-order valence-electron chi connectivity index (χ0n) is 17.3. The van der Waals surface area contributed by atoms with Gasteiger partial charge in [-0.1, -0.05) is 91.0 Å². The molecule has 0 aliphatic carbocycles. The minimum atomic E-state index is -0.446. The summed E-state index contributed by atoms with van der Waals surface area (Å²) in [4.78, 5) is 4.29. The fourth-order valence-electron chi connectivity index (χ4n) is 3.42. The topological polar surface area (TPSA) is 12.9 Å². The van der Waals surface area contributed by atoms with Crippen LogP contribution < -0.4 is 15.9 Å². The molecule has 32 heavy (non-hydrogen) atoms. The Hall–Kier alpha value is -2.98.